The smallest absolute Gasteiger partial charge is 0.230 e. The van der Waals surface area contributed by atoms with Gasteiger partial charge in [0, 0.05) is 17.2 Å². The molecule has 0 aliphatic heterocycles. The minimum atomic E-state index is 0.309. The van der Waals surface area contributed by atoms with Gasteiger partial charge in [-0.15, -0.1) is 10.2 Å². The van der Waals surface area contributed by atoms with Crippen LogP contribution in [0.4, 0.5) is 0 Å². The average molecular weight is 283 g/mol. The van der Waals surface area contributed by atoms with Crippen molar-refractivity contribution in [3.63, 3.8) is 0 Å². The molecular weight excluding hydrogens is 258 g/mol. The molecule has 1 aromatic rings. The second-order valence-corrected chi connectivity index (χ2v) is 7.23. The van der Waals surface area contributed by atoms with Crippen LogP contribution in [-0.2, 0) is 6.54 Å². The van der Waals surface area contributed by atoms with E-state index in [9.17, 15) is 0 Å². The predicted octanol–water partition coefficient (Wildman–Crippen LogP) is 3.30. The lowest BCUT2D eigenvalue weighted by molar-refractivity contribution is 0.213. The maximum Gasteiger partial charge on any atom is 0.230 e. The van der Waals surface area contributed by atoms with E-state index in [-0.39, 0.29) is 0 Å². The lowest BCUT2D eigenvalue weighted by Crippen LogP contribution is -2.29. The van der Waals surface area contributed by atoms with Crippen molar-refractivity contribution in [2.75, 3.05) is 12.8 Å². The standard InChI is InChI=1S/C14H25N3OS/c1-5-19-12-7-6-11(8-12)17(4)9-13-15-16-14(18-13)10(2)3/h10-12H,5-9H2,1-4H3/t11-,12-/m0/s1. The van der Waals surface area contributed by atoms with Gasteiger partial charge in [0.1, 0.15) is 0 Å². The molecule has 0 unspecified atom stereocenters. The summed E-state index contributed by atoms with van der Waals surface area (Å²) in [6, 6.07) is 0.665. The Balaban J connectivity index is 1.85. The summed E-state index contributed by atoms with van der Waals surface area (Å²) in [6.45, 7) is 7.16. The highest BCUT2D eigenvalue weighted by atomic mass is 32.2. The summed E-state index contributed by atoms with van der Waals surface area (Å²) in [4.78, 5) is 2.37. The molecule has 19 heavy (non-hydrogen) atoms. The maximum atomic E-state index is 5.68. The number of aromatic nitrogens is 2. The van der Waals surface area contributed by atoms with E-state index in [1.54, 1.807) is 0 Å². The second-order valence-electron chi connectivity index (χ2n) is 5.65. The normalized spacial score (nSPS) is 23.7. The number of thioether (sulfide) groups is 1. The molecule has 4 nitrogen and oxygen atoms in total. The highest BCUT2D eigenvalue weighted by Crippen LogP contribution is 2.32. The molecule has 1 fully saturated rings. The van der Waals surface area contributed by atoms with Crippen molar-refractivity contribution in [3.8, 4) is 0 Å². The summed E-state index contributed by atoms with van der Waals surface area (Å²) in [7, 11) is 2.17. The topological polar surface area (TPSA) is 42.2 Å². The third kappa shape index (κ3) is 3.96. The molecule has 0 saturated heterocycles. The van der Waals surface area contributed by atoms with Crippen molar-refractivity contribution in [2.45, 2.75) is 63.8 Å². The largest absolute Gasteiger partial charge is 0.424 e. The summed E-state index contributed by atoms with van der Waals surface area (Å²) in [5.74, 6) is 3.03. The molecule has 5 heteroatoms. The maximum absolute atomic E-state index is 5.68. The molecule has 1 aliphatic carbocycles. The zero-order chi connectivity index (χ0) is 13.8. The van der Waals surface area contributed by atoms with E-state index in [0.29, 0.717) is 12.0 Å². The fourth-order valence-corrected chi connectivity index (χ4v) is 3.74. The Morgan fingerprint density at radius 3 is 2.79 bits per heavy atom. The molecule has 0 N–H and O–H groups in total. The van der Waals surface area contributed by atoms with Gasteiger partial charge < -0.3 is 4.42 Å². The SMILES string of the molecule is CCS[C@H]1CC[C@H](N(C)Cc2nnc(C(C)C)o2)C1. The first-order chi connectivity index (χ1) is 9.10. The Labute approximate surface area is 120 Å². The van der Waals surface area contributed by atoms with E-state index in [1.165, 1.54) is 25.0 Å². The van der Waals surface area contributed by atoms with Crippen LogP contribution in [0.3, 0.4) is 0 Å². The van der Waals surface area contributed by atoms with Gasteiger partial charge in [-0.25, -0.2) is 0 Å². The molecule has 1 saturated carbocycles. The van der Waals surface area contributed by atoms with Crippen molar-refractivity contribution in [2.24, 2.45) is 0 Å². The zero-order valence-corrected chi connectivity index (χ0v) is 13.2. The van der Waals surface area contributed by atoms with Crippen LogP contribution in [0.2, 0.25) is 0 Å². The summed E-state index contributed by atoms with van der Waals surface area (Å²) >= 11 is 2.10. The molecular formula is C14H25N3OS. The quantitative estimate of drug-likeness (QED) is 0.801. The van der Waals surface area contributed by atoms with Gasteiger partial charge in [-0.1, -0.05) is 20.8 Å². The third-order valence-electron chi connectivity index (χ3n) is 3.74. The van der Waals surface area contributed by atoms with Crippen molar-refractivity contribution in [3.05, 3.63) is 11.8 Å². The van der Waals surface area contributed by atoms with Gasteiger partial charge >= 0.3 is 0 Å². The first kappa shape index (κ1) is 14.9. The second kappa shape index (κ2) is 6.75. The lowest BCUT2D eigenvalue weighted by Gasteiger charge is -2.22. The van der Waals surface area contributed by atoms with Gasteiger partial charge in [0.2, 0.25) is 11.8 Å². The van der Waals surface area contributed by atoms with E-state index >= 15 is 0 Å². The van der Waals surface area contributed by atoms with Crippen molar-refractivity contribution in [1.29, 1.82) is 0 Å². The van der Waals surface area contributed by atoms with Gasteiger partial charge in [-0.05, 0) is 32.1 Å². The molecule has 0 bridgehead atoms. The van der Waals surface area contributed by atoms with Gasteiger partial charge in [-0.3, -0.25) is 4.90 Å². The minimum Gasteiger partial charge on any atom is -0.424 e. The summed E-state index contributed by atoms with van der Waals surface area (Å²) in [5.41, 5.74) is 0. The zero-order valence-electron chi connectivity index (χ0n) is 12.4. The van der Waals surface area contributed by atoms with E-state index in [1.807, 2.05) is 0 Å². The van der Waals surface area contributed by atoms with E-state index in [2.05, 4.69) is 54.7 Å². The molecule has 1 aromatic heterocycles. The number of hydrogen-bond acceptors (Lipinski definition) is 5. The summed E-state index contributed by atoms with van der Waals surface area (Å²) in [5, 5.41) is 9.07. The van der Waals surface area contributed by atoms with Crippen molar-refractivity contribution < 1.29 is 4.42 Å². The minimum absolute atomic E-state index is 0.309. The van der Waals surface area contributed by atoms with Crippen LogP contribution in [0.5, 0.6) is 0 Å². The van der Waals surface area contributed by atoms with Crippen LogP contribution in [0.15, 0.2) is 4.42 Å². The van der Waals surface area contributed by atoms with Gasteiger partial charge in [-0.2, -0.15) is 11.8 Å². The molecule has 0 spiro atoms. The van der Waals surface area contributed by atoms with Crippen LogP contribution in [0.1, 0.15) is 57.7 Å². The lowest BCUT2D eigenvalue weighted by atomic mass is 10.2. The number of nitrogens with zero attached hydrogens (tertiary/aromatic N) is 3. The molecule has 0 aromatic carbocycles. The molecule has 2 atom stereocenters. The first-order valence-electron chi connectivity index (χ1n) is 7.24. The number of rotatable bonds is 6. The summed E-state index contributed by atoms with van der Waals surface area (Å²) < 4.78 is 5.68. The van der Waals surface area contributed by atoms with Crippen LogP contribution >= 0.6 is 11.8 Å². The molecule has 0 radical (unpaired) electrons. The van der Waals surface area contributed by atoms with Crippen molar-refractivity contribution in [1.82, 2.24) is 15.1 Å². The van der Waals surface area contributed by atoms with E-state index in [4.69, 9.17) is 4.42 Å². The van der Waals surface area contributed by atoms with Crippen LogP contribution in [0, 0.1) is 0 Å². The number of hydrogen-bond donors (Lipinski definition) is 0. The van der Waals surface area contributed by atoms with E-state index < -0.39 is 0 Å². The van der Waals surface area contributed by atoms with Crippen LogP contribution in [-0.4, -0.2) is 39.2 Å². The van der Waals surface area contributed by atoms with Crippen LogP contribution < -0.4 is 0 Å². The van der Waals surface area contributed by atoms with Crippen molar-refractivity contribution >= 4 is 11.8 Å². The highest BCUT2D eigenvalue weighted by molar-refractivity contribution is 7.99. The average Bonchev–Trinajstić information content (AvgIpc) is 2.98. The fraction of sp³-hybridized carbons (Fsp3) is 0.857. The molecule has 0 amide bonds. The molecule has 1 heterocycles. The Morgan fingerprint density at radius 2 is 2.16 bits per heavy atom. The summed E-state index contributed by atoms with van der Waals surface area (Å²) in [6.07, 6.45) is 3.92. The van der Waals surface area contributed by atoms with Crippen LogP contribution in [0.25, 0.3) is 0 Å². The Bertz CT molecular complexity index is 394. The first-order valence-corrected chi connectivity index (χ1v) is 8.29. The fourth-order valence-electron chi connectivity index (χ4n) is 2.61. The monoisotopic (exact) mass is 283 g/mol. The van der Waals surface area contributed by atoms with Gasteiger partial charge in [0.25, 0.3) is 0 Å². The Morgan fingerprint density at radius 1 is 1.37 bits per heavy atom. The van der Waals surface area contributed by atoms with Gasteiger partial charge in [0.15, 0.2) is 0 Å². The van der Waals surface area contributed by atoms with Gasteiger partial charge in [0.05, 0.1) is 6.54 Å². The molecule has 1 aliphatic rings. The van der Waals surface area contributed by atoms with E-state index in [0.717, 1.165) is 23.6 Å². The predicted molar refractivity (Wildman–Crippen MR) is 79.4 cm³/mol. The molecule has 108 valence electrons. The third-order valence-corrected chi connectivity index (χ3v) is 4.98. The Kier molecular flexibility index (Phi) is 5.28. The Hall–Kier alpha value is -0.550. The molecule has 2 rings (SSSR count). The highest BCUT2D eigenvalue weighted by Gasteiger charge is 2.28.